The van der Waals surface area contributed by atoms with Crippen LogP contribution in [0.25, 0.3) is 0 Å². The van der Waals surface area contributed by atoms with Crippen molar-refractivity contribution in [3.63, 3.8) is 0 Å². The number of amides is 2. The lowest BCUT2D eigenvalue weighted by molar-refractivity contribution is -0.139. The molecule has 0 saturated heterocycles. The van der Waals surface area contributed by atoms with E-state index in [0.717, 1.165) is 24.0 Å². The Morgan fingerprint density at radius 1 is 0.972 bits per heavy atom. The van der Waals surface area contributed by atoms with Crippen LogP contribution in [0.15, 0.2) is 78.9 Å². The number of nitrogens with zero attached hydrogens (tertiary/aromatic N) is 1. The van der Waals surface area contributed by atoms with Crippen molar-refractivity contribution in [2.75, 3.05) is 12.3 Å². The fourth-order valence-electron chi connectivity index (χ4n) is 3.83. The number of nitrogens with one attached hydrogen (secondary N) is 1. The normalized spacial score (nSPS) is 11.6. The number of rotatable bonds is 13. The molecule has 3 aromatic carbocycles. The predicted molar refractivity (Wildman–Crippen MR) is 146 cm³/mol. The van der Waals surface area contributed by atoms with E-state index in [0.29, 0.717) is 30.1 Å². The second kappa shape index (κ2) is 14.7. The highest BCUT2D eigenvalue weighted by Gasteiger charge is 2.30. The zero-order valence-electron chi connectivity index (χ0n) is 20.5. The van der Waals surface area contributed by atoms with E-state index in [2.05, 4.69) is 12.2 Å². The van der Waals surface area contributed by atoms with Crippen LogP contribution in [-0.4, -0.2) is 35.1 Å². The van der Waals surface area contributed by atoms with Crippen molar-refractivity contribution in [1.29, 1.82) is 0 Å². The van der Waals surface area contributed by atoms with Gasteiger partial charge in [0.15, 0.2) is 0 Å². The summed E-state index contributed by atoms with van der Waals surface area (Å²) < 4.78 is 14.2. The number of benzene rings is 3. The largest absolute Gasteiger partial charge is 0.354 e. The smallest absolute Gasteiger partial charge is 0.243 e. The molecule has 190 valence electrons. The summed E-state index contributed by atoms with van der Waals surface area (Å²) in [6, 6.07) is 23.3. The van der Waals surface area contributed by atoms with E-state index in [1.165, 1.54) is 17.8 Å². The van der Waals surface area contributed by atoms with Gasteiger partial charge < -0.3 is 10.2 Å². The van der Waals surface area contributed by atoms with E-state index in [4.69, 9.17) is 11.6 Å². The summed E-state index contributed by atoms with van der Waals surface area (Å²) >= 11 is 7.45. The van der Waals surface area contributed by atoms with Gasteiger partial charge in [-0.1, -0.05) is 91.7 Å². The summed E-state index contributed by atoms with van der Waals surface area (Å²) in [5.41, 5.74) is 2.29. The molecule has 4 nitrogen and oxygen atoms in total. The van der Waals surface area contributed by atoms with Crippen LogP contribution < -0.4 is 5.32 Å². The van der Waals surface area contributed by atoms with Crippen LogP contribution in [0.5, 0.6) is 0 Å². The minimum Gasteiger partial charge on any atom is -0.354 e. The van der Waals surface area contributed by atoms with Crippen LogP contribution in [-0.2, 0) is 28.3 Å². The number of thioether (sulfide) groups is 1. The van der Waals surface area contributed by atoms with Crippen molar-refractivity contribution < 1.29 is 14.0 Å². The molecule has 3 aromatic rings. The molecule has 0 fully saturated rings. The molecule has 0 bridgehead atoms. The first kappa shape index (κ1) is 27.8. The summed E-state index contributed by atoms with van der Waals surface area (Å²) in [5.74, 6) is -0.365. The molecule has 0 aliphatic heterocycles. The Hall–Kier alpha value is -2.83. The Morgan fingerprint density at radius 2 is 1.64 bits per heavy atom. The SMILES string of the molecule is CCCCNC(=O)[C@H](Cc1ccccc1)N(Cc1ccccc1)C(=O)CSCc1c(F)cccc1Cl. The standard InChI is InChI=1S/C29H32ClFN2O2S/c1-2-3-17-32-29(35)27(18-22-11-6-4-7-12-22)33(19-23-13-8-5-9-14-23)28(34)21-36-20-24-25(30)15-10-16-26(24)31/h4-16,27H,2-3,17-21H2,1H3,(H,32,35)/t27-/m0/s1. The topological polar surface area (TPSA) is 49.4 Å². The monoisotopic (exact) mass is 526 g/mol. The molecule has 0 unspecified atom stereocenters. The summed E-state index contributed by atoms with van der Waals surface area (Å²) in [6.45, 7) is 2.94. The predicted octanol–water partition coefficient (Wildman–Crippen LogP) is 6.27. The van der Waals surface area contributed by atoms with Crippen molar-refractivity contribution in [2.24, 2.45) is 0 Å². The third-order valence-corrected chi connectivity index (χ3v) is 7.13. The number of unbranched alkanes of at least 4 members (excludes halogenated alkanes) is 1. The van der Waals surface area contributed by atoms with Crippen molar-refractivity contribution >= 4 is 35.2 Å². The Kier molecular flexibility index (Phi) is 11.3. The molecular weight excluding hydrogens is 495 g/mol. The summed E-state index contributed by atoms with van der Waals surface area (Å²) in [4.78, 5) is 28.6. The van der Waals surface area contributed by atoms with Crippen molar-refractivity contribution in [1.82, 2.24) is 10.2 Å². The van der Waals surface area contributed by atoms with Gasteiger partial charge in [0.2, 0.25) is 11.8 Å². The maximum absolute atomic E-state index is 14.2. The number of carbonyl (C=O) groups is 2. The molecule has 1 N–H and O–H groups in total. The lowest BCUT2D eigenvalue weighted by atomic mass is 10.0. The molecule has 3 rings (SSSR count). The van der Waals surface area contributed by atoms with Gasteiger partial charge in [0.05, 0.1) is 5.75 Å². The first-order valence-corrected chi connectivity index (χ1v) is 13.7. The third-order valence-electron chi connectivity index (χ3n) is 5.83. The van der Waals surface area contributed by atoms with Gasteiger partial charge in [-0.2, -0.15) is 0 Å². The Labute approximate surface area is 222 Å². The summed E-state index contributed by atoms with van der Waals surface area (Å²) in [5, 5.41) is 3.36. The highest BCUT2D eigenvalue weighted by molar-refractivity contribution is 7.99. The van der Waals surface area contributed by atoms with Crippen LogP contribution in [0, 0.1) is 5.82 Å². The second-order valence-electron chi connectivity index (χ2n) is 8.55. The fraction of sp³-hybridized carbons (Fsp3) is 0.310. The number of halogens is 2. The maximum Gasteiger partial charge on any atom is 0.243 e. The van der Waals surface area contributed by atoms with Crippen molar-refractivity contribution in [2.45, 2.75) is 44.5 Å². The van der Waals surface area contributed by atoms with Gasteiger partial charge in [-0.25, -0.2) is 4.39 Å². The lowest BCUT2D eigenvalue weighted by Crippen LogP contribution is -2.51. The first-order chi connectivity index (χ1) is 17.5. The number of hydrogen-bond acceptors (Lipinski definition) is 3. The lowest BCUT2D eigenvalue weighted by Gasteiger charge is -2.31. The molecule has 36 heavy (non-hydrogen) atoms. The van der Waals surface area contributed by atoms with Crippen LogP contribution in [0.1, 0.15) is 36.5 Å². The third kappa shape index (κ3) is 8.38. The average Bonchev–Trinajstić information content (AvgIpc) is 2.89. The van der Waals surface area contributed by atoms with Crippen LogP contribution >= 0.6 is 23.4 Å². The Bertz CT molecular complexity index is 1090. The maximum atomic E-state index is 14.2. The van der Waals surface area contributed by atoms with Gasteiger partial charge >= 0.3 is 0 Å². The second-order valence-corrected chi connectivity index (χ2v) is 9.94. The average molecular weight is 527 g/mol. The van der Waals surface area contributed by atoms with E-state index >= 15 is 0 Å². The van der Waals surface area contributed by atoms with Gasteiger partial charge in [-0.15, -0.1) is 11.8 Å². The molecule has 7 heteroatoms. The zero-order chi connectivity index (χ0) is 25.8. The highest BCUT2D eigenvalue weighted by Crippen LogP contribution is 2.25. The van der Waals surface area contributed by atoms with E-state index in [9.17, 15) is 14.0 Å². The number of hydrogen-bond donors (Lipinski definition) is 1. The quantitative estimate of drug-likeness (QED) is 0.267. The number of carbonyl (C=O) groups excluding carboxylic acids is 2. The Morgan fingerprint density at radius 3 is 2.28 bits per heavy atom. The van der Waals surface area contributed by atoms with Crippen LogP contribution in [0.2, 0.25) is 5.02 Å². The van der Waals surface area contributed by atoms with Crippen molar-refractivity contribution in [3.05, 3.63) is 106 Å². The minimum absolute atomic E-state index is 0.102. The molecule has 0 saturated carbocycles. The summed E-state index contributed by atoms with van der Waals surface area (Å²) in [6.07, 6.45) is 2.24. The molecule has 0 spiro atoms. The fourth-order valence-corrected chi connectivity index (χ4v) is 5.08. The van der Waals surface area contributed by atoms with E-state index in [1.807, 2.05) is 60.7 Å². The summed E-state index contributed by atoms with van der Waals surface area (Å²) in [7, 11) is 0. The molecule has 0 heterocycles. The molecule has 0 aliphatic carbocycles. The van der Waals surface area contributed by atoms with E-state index in [1.54, 1.807) is 17.0 Å². The van der Waals surface area contributed by atoms with Gasteiger partial charge in [0.25, 0.3) is 0 Å². The highest BCUT2D eigenvalue weighted by atomic mass is 35.5. The van der Waals surface area contributed by atoms with Crippen molar-refractivity contribution in [3.8, 4) is 0 Å². The van der Waals surface area contributed by atoms with Crippen LogP contribution in [0.3, 0.4) is 0 Å². The molecule has 1 atom stereocenters. The van der Waals surface area contributed by atoms with Gasteiger partial charge in [-0.3, -0.25) is 9.59 Å². The van der Waals surface area contributed by atoms with Gasteiger partial charge in [0.1, 0.15) is 11.9 Å². The molecule has 0 radical (unpaired) electrons. The van der Waals surface area contributed by atoms with Gasteiger partial charge in [-0.05, 0) is 29.7 Å². The van der Waals surface area contributed by atoms with E-state index in [-0.39, 0.29) is 29.1 Å². The Balaban J connectivity index is 1.82. The molecule has 0 aliphatic rings. The van der Waals surface area contributed by atoms with E-state index < -0.39 is 6.04 Å². The molecule has 2 amide bonds. The zero-order valence-corrected chi connectivity index (χ0v) is 22.0. The molecule has 0 aromatic heterocycles. The van der Waals surface area contributed by atoms with Crippen LogP contribution in [0.4, 0.5) is 4.39 Å². The van der Waals surface area contributed by atoms with Gasteiger partial charge in [0, 0.05) is 35.8 Å². The molecular formula is C29H32ClFN2O2S. The first-order valence-electron chi connectivity index (χ1n) is 12.1. The minimum atomic E-state index is -0.672.